The Morgan fingerprint density at radius 2 is 1.76 bits per heavy atom. The highest BCUT2D eigenvalue weighted by molar-refractivity contribution is 7.89. The van der Waals surface area contributed by atoms with Crippen molar-refractivity contribution in [2.24, 2.45) is 5.92 Å². The molecule has 1 aliphatic heterocycles. The van der Waals surface area contributed by atoms with Crippen LogP contribution in [0.4, 0.5) is 5.69 Å². The molecule has 1 saturated heterocycles. The Bertz CT molecular complexity index is 1260. The van der Waals surface area contributed by atoms with Crippen molar-refractivity contribution in [2.75, 3.05) is 18.4 Å². The lowest BCUT2D eigenvalue weighted by molar-refractivity contribution is 0.102. The van der Waals surface area contributed by atoms with E-state index in [4.69, 9.17) is 0 Å². The molecule has 1 saturated carbocycles. The van der Waals surface area contributed by atoms with Crippen molar-refractivity contribution in [3.63, 3.8) is 0 Å². The molecule has 10 heteroatoms. The van der Waals surface area contributed by atoms with Crippen LogP contribution in [0.3, 0.4) is 0 Å². The molecule has 0 unspecified atom stereocenters. The van der Waals surface area contributed by atoms with Crippen molar-refractivity contribution in [1.82, 2.24) is 24.5 Å². The molecule has 2 aromatic carbocycles. The smallest absolute Gasteiger partial charge is 0.255 e. The number of anilines is 1. The minimum absolute atomic E-state index is 0.211. The summed E-state index contributed by atoms with van der Waals surface area (Å²) in [4.78, 5) is 13.0. The fraction of sp³-hybridized carbons (Fsp3) is 0.391. The third-order valence-corrected chi connectivity index (χ3v) is 8.17. The number of aromatic nitrogens is 4. The Morgan fingerprint density at radius 1 is 1.03 bits per heavy atom. The Hall–Kier alpha value is -3.11. The number of rotatable bonds is 6. The first-order valence-electron chi connectivity index (χ1n) is 11.2. The van der Waals surface area contributed by atoms with Crippen LogP contribution < -0.4 is 5.32 Å². The highest BCUT2D eigenvalue weighted by atomic mass is 32.2. The Morgan fingerprint density at radius 3 is 2.45 bits per heavy atom. The van der Waals surface area contributed by atoms with Crippen molar-refractivity contribution < 1.29 is 13.2 Å². The third kappa shape index (κ3) is 4.53. The van der Waals surface area contributed by atoms with Gasteiger partial charge < -0.3 is 5.32 Å². The molecule has 5 rings (SSSR count). The first-order chi connectivity index (χ1) is 15.9. The third-order valence-electron chi connectivity index (χ3n) is 6.26. The molecule has 1 N–H and O–H groups in total. The van der Waals surface area contributed by atoms with Crippen LogP contribution in [0.5, 0.6) is 0 Å². The van der Waals surface area contributed by atoms with E-state index in [9.17, 15) is 13.2 Å². The van der Waals surface area contributed by atoms with Gasteiger partial charge in [-0.3, -0.25) is 4.79 Å². The summed E-state index contributed by atoms with van der Waals surface area (Å²) in [6.07, 6.45) is 3.87. The van der Waals surface area contributed by atoms with Crippen LogP contribution in [0.25, 0.3) is 11.4 Å². The predicted molar refractivity (Wildman–Crippen MR) is 123 cm³/mol. The molecule has 1 aromatic heterocycles. The molecule has 1 amide bonds. The summed E-state index contributed by atoms with van der Waals surface area (Å²) in [7, 11) is -3.54. The van der Waals surface area contributed by atoms with Crippen LogP contribution in [-0.4, -0.2) is 51.9 Å². The molecule has 0 atom stereocenters. The summed E-state index contributed by atoms with van der Waals surface area (Å²) in [5, 5.41) is 14.9. The van der Waals surface area contributed by atoms with Crippen LogP contribution in [0.1, 0.15) is 49.0 Å². The maximum atomic E-state index is 12.9. The number of sulfonamides is 1. The van der Waals surface area contributed by atoms with Gasteiger partial charge in [0, 0.05) is 29.9 Å². The number of hydrogen-bond donors (Lipinski definition) is 1. The molecule has 3 aromatic rings. The minimum Gasteiger partial charge on any atom is -0.322 e. The largest absolute Gasteiger partial charge is 0.322 e. The van der Waals surface area contributed by atoms with Crippen molar-refractivity contribution >= 4 is 21.6 Å². The van der Waals surface area contributed by atoms with Crippen molar-refractivity contribution in [1.29, 1.82) is 0 Å². The second-order valence-corrected chi connectivity index (χ2v) is 10.8. The molecule has 172 valence electrons. The van der Waals surface area contributed by atoms with Crippen molar-refractivity contribution in [3.8, 4) is 11.4 Å². The van der Waals surface area contributed by atoms with Gasteiger partial charge in [0.05, 0.1) is 10.9 Å². The summed E-state index contributed by atoms with van der Waals surface area (Å²) in [5.41, 5.74) is 1.82. The second-order valence-electron chi connectivity index (χ2n) is 8.82. The van der Waals surface area contributed by atoms with Gasteiger partial charge >= 0.3 is 0 Å². The van der Waals surface area contributed by atoms with E-state index in [1.165, 1.54) is 16.4 Å². The molecule has 0 spiro atoms. The summed E-state index contributed by atoms with van der Waals surface area (Å²) in [6, 6.07) is 13.8. The zero-order chi connectivity index (χ0) is 23.0. The summed E-state index contributed by atoms with van der Waals surface area (Å²) < 4.78 is 29.2. The quantitative estimate of drug-likeness (QED) is 0.597. The molecule has 1 aliphatic carbocycles. The number of nitrogens with zero attached hydrogens (tertiary/aromatic N) is 5. The van der Waals surface area contributed by atoms with Gasteiger partial charge in [0.15, 0.2) is 5.82 Å². The first-order valence-corrected chi connectivity index (χ1v) is 12.7. The lowest BCUT2D eigenvalue weighted by atomic mass is 10.0. The summed E-state index contributed by atoms with van der Waals surface area (Å²) in [6.45, 7) is 3.21. The number of carbonyl (C=O) groups is 1. The van der Waals surface area contributed by atoms with Gasteiger partial charge in [0.2, 0.25) is 10.0 Å². The van der Waals surface area contributed by atoms with Gasteiger partial charge in [-0.05, 0) is 78.4 Å². The van der Waals surface area contributed by atoms with Crippen molar-refractivity contribution in [2.45, 2.75) is 43.5 Å². The first kappa shape index (κ1) is 21.7. The molecule has 9 nitrogen and oxygen atoms in total. The van der Waals surface area contributed by atoms with Crippen LogP contribution in [-0.2, 0) is 10.0 Å². The molecular weight excluding hydrogens is 440 g/mol. The molecule has 2 aliphatic rings. The van der Waals surface area contributed by atoms with Gasteiger partial charge in [0.25, 0.3) is 5.91 Å². The predicted octanol–water partition coefficient (Wildman–Crippen LogP) is 3.35. The second kappa shape index (κ2) is 8.68. The normalized spacial score (nSPS) is 17.7. The highest BCUT2D eigenvalue weighted by Gasteiger charge is 2.29. The molecule has 2 fully saturated rings. The van der Waals surface area contributed by atoms with Gasteiger partial charge in [0.1, 0.15) is 0 Å². The SMILES string of the molecule is CC1CCN(S(=O)(=O)c2ccc(C(=O)Nc3cccc(-c4nnnn4C4CC4)c3)cc2)CC1. The van der Waals surface area contributed by atoms with Crippen LogP contribution >= 0.6 is 0 Å². The zero-order valence-corrected chi connectivity index (χ0v) is 19.2. The monoisotopic (exact) mass is 466 g/mol. The van der Waals surface area contributed by atoms with Gasteiger partial charge in [-0.25, -0.2) is 13.1 Å². The van der Waals surface area contributed by atoms with E-state index in [1.54, 1.807) is 18.2 Å². The maximum Gasteiger partial charge on any atom is 0.255 e. The molecular formula is C23H26N6O3S. The van der Waals surface area contributed by atoms with Crippen LogP contribution in [0.15, 0.2) is 53.4 Å². The maximum absolute atomic E-state index is 12.9. The number of carbonyl (C=O) groups excluding carboxylic acids is 1. The molecule has 2 heterocycles. The van der Waals surface area contributed by atoms with Crippen LogP contribution in [0.2, 0.25) is 0 Å². The van der Waals surface area contributed by atoms with E-state index in [2.05, 4.69) is 27.8 Å². The number of tetrazole rings is 1. The fourth-order valence-corrected chi connectivity index (χ4v) is 5.51. The van der Waals surface area contributed by atoms with Crippen molar-refractivity contribution in [3.05, 3.63) is 54.1 Å². The van der Waals surface area contributed by atoms with E-state index < -0.39 is 10.0 Å². The Labute approximate surface area is 192 Å². The number of amides is 1. The minimum atomic E-state index is -3.54. The topological polar surface area (TPSA) is 110 Å². The van der Waals surface area contributed by atoms with E-state index in [0.717, 1.165) is 31.2 Å². The average molecular weight is 467 g/mol. The lowest BCUT2D eigenvalue weighted by Gasteiger charge is -2.29. The van der Waals surface area contributed by atoms with Gasteiger partial charge in [-0.2, -0.15) is 4.31 Å². The number of piperidine rings is 1. The van der Waals surface area contributed by atoms with E-state index in [0.29, 0.717) is 42.1 Å². The number of hydrogen-bond acceptors (Lipinski definition) is 6. The number of benzene rings is 2. The standard InChI is InChI=1S/C23H26N6O3S/c1-16-11-13-28(14-12-16)33(31,32)21-9-5-17(6-10-21)23(30)24-19-4-2-3-18(15-19)22-25-26-27-29(22)20-7-8-20/h2-6,9-10,15-16,20H,7-8,11-14H2,1H3,(H,24,30). The highest BCUT2D eigenvalue weighted by Crippen LogP contribution is 2.36. The summed E-state index contributed by atoms with van der Waals surface area (Å²) >= 11 is 0. The average Bonchev–Trinajstić information content (AvgIpc) is 3.55. The van der Waals surface area contributed by atoms with Gasteiger partial charge in [-0.15, -0.1) is 5.10 Å². The fourth-order valence-electron chi connectivity index (χ4n) is 4.04. The lowest BCUT2D eigenvalue weighted by Crippen LogP contribution is -2.37. The summed E-state index contributed by atoms with van der Waals surface area (Å²) in [5.74, 6) is 0.905. The molecule has 0 bridgehead atoms. The molecule has 0 radical (unpaired) electrons. The molecule has 33 heavy (non-hydrogen) atoms. The van der Waals surface area contributed by atoms with Gasteiger partial charge in [-0.1, -0.05) is 19.1 Å². The Kier molecular flexibility index (Phi) is 5.71. The Balaban J connectivity index is 1.29. The van der Waals surface area contributed by atoms with E-state index >= 15 is 0 Å². The van der Waals surface area contributed by atoms with E-state index in [1.807, 2.05) is 22.9 Å². The van der Waals surface area contributed by atoms with Crippen LogP contribution in [0, 0.1) is 5.92 Å². The zero-order valence-electron chi connectivity index (χ0n) is 18.4. The number of nitrogens with one attached hydrogen (secondary N) is 1. The van der Waals surface area contributed by atoms with E-state index in [-0.39, 0.29) is 10.8 Å².